The van der Waals surface area contributed by atoms with Gasteiger partial charge in [0, 0.05) is 12.5 Å². The molecule has 132 valence electrons. The van der Waals surface area contributed by atoms with E-state index in [1.54, 1.807) is 6.07 Å². The van der Waals surface area contributed by atoms with Crippen LogP contribution in [0.25, 0.3) is 11.3 Å². The van der Waals surface area contributed by atoms with Crippen molar-refractivity contribution in [2.75, 3.05) is 11.9 Å². The van der Waals surface area contributed by atoms with Gasteiger partial charge in [-0.05, 0) is 24.6 Å². The maximum atomic E-state index is 12.1. The van der Waals surface area contributed by atoms with Crippen LogP contribution in [-0.2, 0) is 4.79 Å². The number of ketones is 1. The lowest BCUT2D eigenvalue weighted by Crippen LogP contribution is -2.20. The van der Waals surface area contributed by atoms with Crippen molar-refractivity contribution in [2.45, 2.75) is 13.8 Å². The number of rotatable bonds is 6. The van der Waals surface area contributed by atoms with E-state index in [2.05, 4.69) is 10.3 Å². The summed E-state index contributed by atoms with van der Waals surface area (Å²) in [4.78, 5) is 29.0. The van der Waals surface area contributed by atoms with Gasteiger partial charge in [-0.3, -0.25) is 14.9 Å². The maximum Gasteiger partial charge on any atom is 0.264 e. The quantitative estimate of drug-likeness (QED) is 0.659. The lowest BCUT2D eigenvalue weighted by atomic mass is 10.1. The first-order chi connectivity index (χ1) is 12.5. The molecule has 0 bridgehead atoms. The van der Waals surface area contributed by atoms with Crippen molar-refractivity contribution in [3.05, 3.63) is 65.0 Å². The first-order valence-electron chi connectivity index (χ1n) is 8.09. The van der Waals surface area contributed by atoms with Crippen molar-refractivity contribution in [3.63, 3.8) is 0 Å². The van der Waals surface area contributed by atoms with E-state index >= 15 is 0 Å². The summed E-state index contributed by atoms with van der Waals surface area (Å²) in [5.41, 5.74) is 2.48. The van der Waals surface area contributed by atoms with Gasteiger partial charge in [-0.2, -0.15) is 0 Å². The molecular formula is C20H18N2O3S. The molecule has 26 heavy (non-hydrogen) atoms. The molecule has 1 N–H and O–H groups in total. The SMILES string of the molecule is CC(=O)c1sc(NC(=O)COc2cccc(C)c2)nc1-c1ccccc1. The largest absolute Gasteiger partial charge is 0.484 e. The van der Waals surface area contributed by atoms with Gasteiger partial charge in [-0.25, -0.2) is 4.98 Å². The standard InChI is InChI=1S/C20H18N2O3S/c1-13-7-6-10-16(11-13)25-12-17(24)21-20-22-18(19(26-20)14(2)23)15-8-4-3-5-9-15/h3-11H,12H2,1-2H3,(H,21,22,24). The van der Waals surface area contributed by atoms with Crippen LogP contribution in [0.5, 0.6) is 5.75 Å². The Hall–Kier alpha value is -2.99. The third kappa shape index (κ3) is 4.34. The summed E-state index contributed by atoms with van der Waals surface area (Å²) in [6.07, 6.45) is 0. The molecule has 1 heterocycles. The fourth-order valence-electron chi connectivity index (χ4n) is 2.41. The van der Waals surface area contributed by atoms with Gasteiger partial charge in [0.05, 0.1) is 10.6 Å². The Morgan fingerprint density at radius 3 is 2.58 bits per heavy atom. The monoisotopic (exact) mass is 366 g/mol. The molecule has 3 rings (SSSR count). The zero-order valence-electron chi connectivity index (χ0n) is 14.5. The van der Waals surface area contributed by atoms with E-state index in [4.69, 9.17) is 4.74 Å². The summed E-state index contributed by atoms with van der Waals surface area (Å²) in [5, 5.41) is 3.08. The number of hydrogen-bond acceptors (Lipinski definition) is 5. The number of benzene rings is 2. The van der Waals surface area contributed by atoms with Crippen molar-refractivity contribution in [3.8, 4) is 17.0 Å². The van der Waals surface area contributed by atoms with Crippen LogP contribution in [0.3, 0.4) is 0 Å². The smallest absolute Gasteiger partial charge is 0.264 e. The minimum Gasteiger partial charge on any atom is -0.484 e. The second-order valence-corrected chi connectivity index (χ2v) is 6.77. The molecule has 5 nitrogen and oxygen atoms in total. The fourth-order valence-corrected chi connectivity index (χ4v) is 3.31. The first-order valence-corrected chi connectivity index (χ1v) is 8.91. The summed E-state index contributed by atoms with van der Waals surface area (Å²) in [6, 6.07) is 16.9. The Labute approximate surface area is 155 Å². The van der Waals surface area contributed by atoms with E-state index in [0.717, 1.165) is 11.1 Å². The third-order valence-corrected chi connectivity index (χ3v) is 4.67. The molecular weight excluding hydrogens is 348 g/mol. The minimum atomic E-state index is -0.324. The van der Waals surface area contributed by atoms with Gasteiger partial charge >= 0.3 is 0 Å². The lowest BCUT2D eigenvalue weighted by molar-refractivity contribution is -0.118. The van der Waals surface area contributed by atoms with Gasteiger partial charge in [0.1, 0.15) is 5.75 Å². The summed E-state index contributed by atoms with van der Waals surface area (Å²) < 4.78 is 5.49. The van der Waals surface area contributed by atoms with Crippen LogP contribution in [0.15, 0.2) is 54.6 Å². The van der Waals surface area contributed by atoms with E-state index < -0.39 is 0 Å². The number of ether oxygens (including phenoxy) is 1. The number of anilines is 1. The van der Waals surface area contributed by atoms with E-state index in [-0.39, 0.29) is 18.3 Å². The second-order valence-electron chi connectivity index (χ2n) is 5.77. The van der Waals surface area contributed by atoms with Crippen LogP contribution >= 0.6 is 11.3 Å². The highest BCUT2D eigenvalue weighted by Crippen LogP contribution is 2.31. The van der Waals surface area contributed by atoms with Gasteiger partial charge in [0.25, 0.3) is 5.91 Å². The van der Waals surface area contributed by atoms with Crippen molar-refractivity contribution in [1.29, 1.82) is 0 Å². The normalized spacial score (nSPS) is 10.4. The maximum absolute atomic E-state index is 12.1. The molecule has 0 unspecified atom stereocenters. The van der Waals surface area contributed by atoms with Gasteiger partial charge in [-0.15, -0.1) is 0 Å². The zero-order valence-corrected chi connectivity index (χ0v) is 15.3. The van der Waals surface area contributed by atoms with Crippen LogP contribution in [0.1, 0.15) is 22.2 Å². The van der Waals surface area contributed by atoms with Crippen LogP contribution in [0.4, 0.5) is 5.13 Å². The molecule has 0 aliphatic carbocycles. The third-order valence-electron chi connectivity index (χ3n) is 3.60. The molecule has 2 aromatic carbocycles. The van der Waals surface area contributed by atoms with E-state index in [9.17, 15) is 9.59 Å². The fraction of sp³-hybridized carbons (Fsp3) is 0.150. The Morgan fingerprint density at radius 2 is 1.88 bits per heavy atom. The predicted octanol–water partition coefficient (Wildman–Crippen LogP) is 4.34. The van der Waals surface area contributed by atoms with Crippen LogP contribution in [-0.4, -0.2) is 23.3 Å². The number of carbonyl (C=O) groups excluding carboxylic acids is 2. The Balaban J connectivity index is 1.71. The molecule has 1 amide bonds. The van der Waals surface area contributed by atoms with Gasteiger partial charge in [-0.1, -0.05) is 53.8 Å². The number of nitrogens with one attached hydrogen (secondary N) is 1. The highest BCUT2D eigenvalue weighted by Gasteiger charge is 2.18. The molecule has 0 atom stereocenters. The summed E-state index contributed by atoms with van der Waals surface area (Å²) in [6.45, 7) is 3.32. The Morgan fingerprint density at radius 1 is 1.12 bits per heavy atom. The van der Waals surface area contributed by atoms with Gasteiger partial charge in [0.2, 0.25) is 0 Å². The molecule has 0 spiro atoms. The lowest BCUT2D eigenvalue weighted by Gasteiger charge is -2.06. The molecule has 0 aliphatic rings. The van der Waals surface area contributed by atoms with E-state index in [0.29, 0.717) is 21.5 Å². The van der Waals surface area contributed by atoms with E-state index in [1.807, 2.05) is 55.5 Å². The van der Waals surface area contributed by atoms with Crippen molar-refractivity contribution in [2.24, 2.45) is 0 Å². The minimum absolute atomic E-state index is 0.0853. The van der Waals surface area contributed by atoms with E-state index in [1.165, 1.54) is 18.3 Å². The number of Topliss-reactive ketones (excluding diaryl/α,β-unsaturated/α-hetero) is 1. The molecule has 0 fully saturated rings. The topological polar surface area (TPSA) is 68.3 Å². The molecule has 0 saturated heterocycles. The first kappa shape index (κ1) is 17.8. The predicted molar refractivity (Wildman–Crippen MR) is 103 cm³/mol. The molecule has 1 aromatic heterocycles. The number of carbonyl (C=O) groups is 2. The van der Waals surface area contributed by atoms with Crippen LogP contribution in [0.2, 0.25) is 0 Å². The average molecular weight is 366 g/mol. The number of hydrogen-bond donors (Lipinski definition) is 1. The molecule has 0 saturated carbocycles. The number of nitrogens with zero attached hydrogens (tertiary/aromatic N) is 1. The number of amides is 1. The molecule has 6 heteroatoms. The Bertz CT molecular complexity index is 935. The highest BCUT2D eigenvalue weighted by molar-refractivity contribution is 7.18. The van der Waals surface area contributed by atoms with Crippen LogP contribution in [0, 0.1) is 6.92 Å². The zero-order chi connectivity index (χ0) is 18.5. The van der Waals surface area contributed by atoms with Crippen molar-refractivity contribution >= 4 is 28.2 Å². The highest BCUT2D eigenvalue weighted by atomic mass is 32.1. The summed E-state index contributed by atoms with van der Waals surface area (Å²) in [5.74, 6) is 0.224. The second kappa shape index (κ2) is 7.93. The number of thiazole rings is 1. The van der Waals surface area contributed by atoms with Crippen LogP contribution < -0.4 is 10.1 Å². The summed E-state index contributed by atoms with van der Waals surface area (Å²) in [7, 11) is 0. The Kier molecular flexibility index (Phi) is 5.43. The molecule has 0 radical (unpaired) electrons. The average Bonchev–Trinajstić information content (AvgIpc) is 3.05. The number of aryl methyl sites for hydroxylation is 1. The van der Waals surface area contributed by atoms with Gasteiger partial charge in [0.15, 0.2) is 17.5 Å². The molecule has 3 aromatic rings. The van der Waals surface area contributed by atoms with Gasteiger partial charge < -0.3 is 4.74 Å². The number of aromatic nitrogens is 1. The molecule has 0 aliphatic heterocycles. The van der Waals surface area contributed by atoms with Crippen molar-refractivity contribution in [1.82, 2.24) is 4.98 Å². The van der Waals surface area contributed by atoms with Crippen molar-refractivity contribution < 1.29 is 14.3 Å². The summed E-state index contributed by atoms with van der Waals surface area (Å²) >= 11 is 1.17.